The fraction of sp³-hybridized carbons (Fsp3) is 0.222. The van der Waals surface area contributed by atoms with E-state index in [-0.39, 0.29) is 12.5 Å². The Labute approximate surface area is 216 Å². The van der Waals surface area contributed by atoms with Gasteiger partial charge in [0.2, 0.25) is 0 Å². The molecular weight excluding hydrogens is 501 g/mol. The van der Waals surface area contributed by atoms with Crippen molar-refractivity contribution in [3.05, 3.63) is 107 Å². The summed E-state index contributed by atoms with van der Waals surface area (Å²) in [6, 6.07) is 21.8. The fourth-order valence-corrected chi connectivity index (χ4v) is 4.55. The Morgan fingerprint density at radius 3 is 2.30 bits per heavy atom. The van der Waals surface area contributed by atoms with Crippen LogP contribution in [0.5, 0.6) is 5.75 Å². The lowest BCUT2D eigenvalue weighted by Crippen LogP contribution is -2.25. The van der Waals surface area contributed by atoms with Gasteiger partial charge in [-0.2, -0.15) is 13.2 Å². The van der Waals surface area contributed by atoms with Gasteiger partial charge in [0.05, 0.1) is 19.2 Å². The van der Waals surface area contributed by atoms with E-state index in [1.54, 1.807) is 31.4 Å². The maximum atomic E-state index is 12.9. The van der Waals surface area contributed by atoms with Crippen molar-refractivity contribution in [2.24, 2.45) is 0 Å². The van der Waals surface area contributed by atoms with Gasteiger partial charge in [0.1, 0.15) is 5.75 Å². The van der Waals surface area contributed by atoms with Crippen LogP contribution in [0, 0.1) is 0 Å². The number of benzene rings is 3. The minimum absolute atomic E-state index is 0.174. The first kappa shape index (κ1) is 26.3. The van der Waals surface area contributed by atoms with Crippen molar-refractivity contribution in [2.75, 3.05) is 7.11 Å². The number of amides is 1. The Balaban J connectivity index is 1.46. The number of thioether (sulfide) groups is 1. The quantitative estimate of drug-likeness (QED) is 0.266. The zero-order valence-corrected chi connectivity index (χ0v) is 20.9. The molecule has 4 rings (SSSR count). The first-order chi connectivity index (χ1) is 17.8. The maximum absolute atomic E-state index is 12.9. The molecule has 10 heteroatoms. The van der Waals surface area contributed by atoms with Crippen LogP contribution in [0.4, 0.5) is 13.2 Å². The molecule has 0 aliphatic carbocycles. The lowest BCUT2D eigenvalue weighted by Gasteiger charge is -2.12. The number of ether oxygens (including phenoxy) is 1. The summed E-state index contributed by atoms with van der Waals surface area (Å²) in [5.41, 5.74) is 1.70. The number of nitrogens with one attached hydrogen (secondary N) is 1. The zero-order valence-electron chi connectivity index (χ0n) is 20.0. The van der Waals surface area contributed by atoms with Crippen LogP contribution in [-0.4, -0.2) is 27.8 Å². The van der Waals surface area contributed by atoms with Crippen LogP contribution in [0.25, 0.3) is 0 Å². The monoisotopic (exact) mass is 526 g/mol. The molecule has 0 radical (unpaired) electrons. The van der Waals surface area contributed by atoms with E-state index in [0.29, 0.717) is 34.6 Å². The summed E-state index contributed by atoms with van der Waals surface area (Å²) in [4.78, 5) is 12.6. The van der Waals surface area contributed by atoms with Crippen molar-refractivity contribution in [1.82, 2.24) is 20.1 Å². The van der Waals surface area contributed by atoms with Gasteiger partial charge < -0.3 is 14.6 Å². The van der Waals surface area contributed by atoms with Crippen LogP contribution in [-0.2, 0) is 31.4 Å². The molecule has 3 aromatic carbocycles. The molecule has 0 aliphatic rings. The van der Waals surface area contributed by atoms with E-state index in [4.69, 9.17) is 4.74 Å². The number of methoxy groups -OCH3 is 1. The van der Waals surface area contributed by atoms with Crippen LogP contribution in [0.3, 0.4) is 0 Å². The number of hydrogen-bond acceptors (Lipinski definition) is 5. The average Bonchev–Trinajstić information content (AvgIpc) is 3.31. The van der Waals surface area contributed by atoms with Gasteiger partial charge in [0.25, 0.3) is 5.91 Å². The summed E-state index contributed by atoms with van der Waals surface area (Å²) in [6.45, 7) is 0.758. The van der Waals surface area contributed by atoms with E-state index in [1.165, 1.54) is 23.9 Å². The van der Waals surface area contributed by atoms with Crippen molar-refractivity contribution in [2.45, 2.75) is 36.6 Å². The molecule has 1 N–H and O–H groups in total. The van der Waals surface area contributed by atoms with E-state index in [1.807, 2.05) is 34.9 Å². The molecular formula is C27H25F3N4O2S. The summed E-state index contributed by atoms with van der Waals surface area (Å²) in [5.74, 6) is 1.43. The number of rotatable bonds is 10. The van der Waals surface area contributed by atoms with E-state index >= 15 is 0 Å². The molecule has 0 aliphatic heterocycles. The van der Waals surface area contributed by atoms with Crippen molar-refractivity contribution in [1.29, 1.82) is 0 Å². The minimum atomic E-state index is -4.37. The molecule has 6 nitrogen and oxygen atoms in total. The van der Waals surface area contributed by atoms with Crippen LogP contribution in [0.1, 0.15) is 32.9 Å². The maximum Gasteiger partial charge on any atom is 0.416 e. The van der Waals surface area contributed by atoms with E-state index in [9.17, 15) is 18.0 Å². The highest BCUT2D eigenvalue weighted by molar-refractivity contribution is 7.98. The van der Waals surface area contributed by atoms with Gasteiger partial charge in [-0.15, -0.1) is 10.2 Å². The van der Waals surface area contributed by atoms with Gasteiger partial charge in [-0.3, -0.25) is 4.79 Å². The number of carbonyl (C=O) groups is 1. The van der Waals surface area contributed by atoms with Crippen molar-refractivity contribution >= 4 is 17.7 Å². The predicted molar refractivity (Wildman–Crippen MR) is 135 cm³/mol. The highest BCUT2D eigenvalue weighted by Crippen LogP contribution is 2.30. The summed E-state index contributed by atoms with van der Waals surface area (Å²) < 4.78 is 45.7. The highest BCUT2D eigenvalue weighted by Gasteiger charge is 2.29. The molecule has 0 fully saturated rings. The molecule has 4 aromatic rings. The molecule has 37 heavy (non-hydrogen) atoms. The molecule has 1 aromatic heterocycles. The standard InChI is InChI=1S/C27H25F3N4O2S/c1-36-23-13-9-21(10-14-23)25(35)31-17-24-32-33-26(34(24)16-15-19-5-3-2-4-6-19)37-18-20-7-11-22(12-8-20)27(28,29)30/h2-14H,15-18H2,1H3,(H,31,35). The Hall–Kier alpha value is -3.79. The molecule has 0 unspecified atom stereocenters. The number of carbonyl (C=O) groups excluding carboxylic acids is 1. The first-order valence-corrected chi connectivity index (χ1v) is 12.5. The summed E-state index contributed by atoms with van der Waals surface area (Å²) in [5, 5.41) is 12.1. The normalized spacial score (nSPS) is 11.4. The van der Waals surface area contributed by atoms with Gasteiger partial charge >= 0.3 is 6.18 Å². The topological polar surface area (TPSA) is 69.0 Å². The third-order valence-corrected chi connectivity index (χ3v) is 6.71. The van der Waals surface area contributed by atoms with Gasteiger partial charge in [0, 0.05) is 17.9 Å². The molecule has 1 amide bonds. The Kier molecular flexibility index (Phi) is 8.50. The highest BCUT2D eigenvalue weighted by atomic mass is 32.2. The smallest absolute Gasteiger partial charge is 0.416 e. The average molecular weight is 527 g/mol. The fourth-order valence-electron chi connectivity index (χ4n) is 3.61. The Morgan fingerprint density at radius 1 is 0.946 bits per heavy atom. The second kappa shape index (κ2) is 12.0. The molecule has 0 saturated carbocycles. The van der Waals surface area contributed by atoms with E-state index in [2.05, 4.69) is 15.5 Å². The largest absolute Gasteiger partial charge is 0.497 e. The number of alkyl halides is 3. The molecule has 0 saturated heterocycles. The molecule has 1 heterocycles. The number of aromatic nitrogens is 3. The van der Waals surface area contributed by atoms with Crippen LogP contribution >= 0.6 is 11.8 Å². The molecule has 0 bridgehead atoms. The second-order valence-corrected chi connectivity index (χ2v) is 9.12. The zero-order chi connectivity index (χ0) is 26.3. The van der Waals surface area contributed by atoms with E-state index < -0.39 is 11.7 Å². The van der Waals surface area contributed by atoms with Gasteiger partial charge in [0.15, 0.2) is 11.0 Å². The SMILES string of the molecule is COc1ccc(C(=O)NCc2nnc(SCc3ccc(C(F)(F)F)cc3)n2CCc2ccccc2)cc1. The second-order valence-electron chi connectivity index (χ2n) is 8.18. The molecule has 0 spiro atoms. The predicted octanol–water partition coefficient (Wildman–Crippen LogP) is 5.77. The third-order valence-electron chi connectivity index (χ3n) is 5.67. The summed E-state index contributed by atoms with van der Waals surface area (Å²) >= 11 is 1.39. The third kappa shape index (κ3) is 7.13. The van der Waals surface area contributed by atoms with Crippen LogP contribution < -0.4 is 10.1 Å². The number of halogens is 3. The van der Waals surface area contributed by atoms with Crippen LogP contribution in [0.2, 0.25) is 0 Å². The van der Waals surface area contributed by atoms with Gasteiger partial charge in [-0.05, 0) is 53.9 Å². The van der Waals surface area contributed by atoms with Gasteiger partial charge in [-0.1, -0.05) is 54.2 Å². The van der Waals surface area contributed by atoms with Crippen LogP contribution in [0.15, 0.2) is 84.0 Å². The lowest BCUT2D eigenvalue weighted by atomic mass is 10.1. The summed E-state index contributed by atoms with van der Waals surface area (Å²) in [7, 11) is 1.56. The Bertz CT molecular complexity index is 1310. The summed E-state index contributed by atoms with van der Waals surface area (Å²) in [6.07, 6.45) is -3.64. The number of nitrogens with zero attached hydrogens (tertiary/aromatic N) is 3. The molecule has 192 valence electrons. The Morgan fingerprint density at radius 2 is 1.65 bits per heavy atom. The van der Waals surface area contributed by atoms with Crippen molar-refractivity contribution in [3.8, 4) is 5.75 Å². The number of aryl methyl sites for hydroxylation is 1. The van der Waals surface area contributed by atoms with Crippen molar-refractivity contribution in [3.63, 3.8) is 0 Å². The molecule has 0 atom stereocenters. The minimum Gasteiger partial charge on any atom is -0.497 e. The number of hydrogen-bond donors (Lipinski definition) is 1. The lowest BCUT2D eigenvalue weighted by molar-refractivity contribution is -0.137. The van der Waals surface area contributed by atoms with Crippen molar-refractivity contribution < 1.29 is 22.7 Å². The van der Waals surface area contributed by atoms with E-state index in [0.717, 1.165) is 29.7 Å². The first-order valence-electron chi connectivity index (χ1n) is 11.5. The van der Waals surface area contributed by atoms with Gasteiger partial charge in [-0.25, -0.2) is 0 Å².